The van der Waals surface area contributed by atoms with Gasteiger partial charge < -0.3 is 15.0 Å². The molecule has 0 fully saturated rings. The first kappa shape index (κ1) is 18.9. The van der Waals surface area contributed by atoms with Crippen molar-refractivity contribution in [3.63, 3.8) is 0 Å². The highest BCUT2D eigenvalue weighted by Gasteiger charge is 2.30. The first-order valence-corrected chi connectivity index (χ1v) is 7.61. The molecular weight excluding hydrogens is 357 g/mol. The molecule has 8 heteroatoms. The van der Waals surface area contributed by atoms with E-state index in [-0.39, 0.29) is 12.4 Å². The summed E-state index contributed by atoms with van der Waals surface area (Å²) in [5.41, 5.74) is 0.490. The van der Waals surface area contributed by atoms with Crippen molar-refractivity contribution in [1.29, 1.82) is 0 Å². The number of carbonyl (C=O) groups is 1. The fourth-order valence-electron chi connectivity index (χ4n) is 2.07. The number of hydrogen-bond donors (Lipinski definition) is 1. The number of nitrogens with zero attached hydrogens (tertiary/aromatic N) is 1. The van der Waals surface area contributed by atoms with Gasteiger partial charge in [0.2, 0.25) is 0 Å². The third-order valence-corrected chi connectivity index (χ3v) is 3.50. The molecule has 134 valence electrons. The lowest BCUT2D eigenvalue weighted by molar-refractivity contribution is -0.137. The van der Waals surface area contributed by atoms with Crippen molar-refractivity contribution in [3.05, 3.63) is 53.1 Å². The molecule has 0 spiro atoms. The summed E-state index contributed by atoms with van der Waals surface area (Å²) in [6.07, 6.45) is -4.41. The van der Waals surface area contributed by atoms with Crippen LogP contribution in [-0.4, -0.2) is 26.6 Å². The zero-order valence-electron chi connectivity index (χ0n) is 13.5. The molecule has 0 aromatic heterocycles. The van der Waals surface area contributed by atoms with Crippen LogP contribution in [0.4, 0.5) is 24.5 Å². The number of halogens is 4. The predicted octanol–water partition coefficient (Wildman–Crippen LogP) is 4.44. The smallest absolute Gasteiger partial charge is 0.416 e. The van der Waals surface area contributed by atoms with Crippen LogP contribution >= 0.6 is 11.6 Å². The molecule has 2 aromatic carbocycles. The van der Waals surface area contributed by atoms with E-state index in [0.29, 0.717) is 10.7 Å². The Kier molecular flexibility index (Phi) is 5.79. The topological polar surface area (TPSA) is 41.6 Å². The van der Waals surface area contributed by atoms with Crippen LogP contribution in [-0.2, 0) is 11.0 Å². The van der Waals surface area contributed by atoms with Crippen LogP contribution in [0.15, 0.2) is 42.5 Å². The summed E-state index contributed by atoms with van der Waals surface area (Å²) < 4.78 is 42.7. The molecular formula is C17H16ClF3N2O2. The third-order valence-electron chi connectivity index (χ3n) is 3.27. The molecule has 0 aliphatic rings. The van der Waals surface area contributed by atoms with E-state index in [9.17, 15) is 18.0 Å². The van der Waals surface area contributed by atoms with Gasteiger partial charge in [-0.15, -0.1) is 0 Å². The zero-order chi connectivity index (χ0) is 18.6. The van der Waals surface area contributed by atoms with Gasteiger partial charge in [-0.1, -0.05) is 11.6 Å². The Morgan fingerprint density at radius 3 is 2.36 bits per heavy atom. The summed E-state index contributed by atoms with van der Waals surface area (Å²) in [7, 11) is 3.63. The third kappa shape index (κ3) is 5.29. The molecule has 25 heavy (non-hydrogen) atoms. The first-order chi connectivity index (χ1) is 11.7. The number of nitrogens with one attached hydrogen (secondary N) is 1. The van der Waals surface area contributed by atoms with Crippen molar-refractivity contribution in [2.75, 3.05) is 30.9 Å². The van der Waals surface area contributed by atoms with E-state index in [2.05, 4.69) is 5.32 Å². The average Bonchev–Trinajstić information content (AvgIpc) is 2.52. The van der Waals surface area contributed by atoms with Crippen LogP contribution in [0.2, 0.25) is 5.02 Å². The summed E-state index contributed by atoms with van der Waals surface area (Å²) in [5, 5.41) is 3.13. The lowest BCUT2D eigenvalue weighted by Crippen LogP contribution is -2.22. The van der Waals surface area contributed by atoms with Crippen LogP contribution in [0.1, 0.15) is 5.56 Å². The van der Waals surface area contributed by atoms with E-state index >= 15 is 0 Å². The van der Waals surface area contributed by atoms with Crippen LogP contribution in [0.5, 0.6) is 5.75 Å². The zero-order valence-corrected chi connectivity index (χ0v) is 14.3. The predicted molar refractivity (Wildman–Crippen MR) is 91.3 cm³/mol. The van der Waals surface area contributed by atoms with Gasteiger partial charge in [-0.25, -0.2) is 0 Å². The normalized spacial score (nSPS) is 11.1. The van der Waals surface area contributed by atoms with Crippen molar-refractivity contribution < 1.29 is 22.7 Å². The highest BCUT2D eigenvalue weighted by molar-refractivity contribution is 6.31. The maximum Gasteiger partial charge on any atom is 0.416 e. The number of amides is 1. The van der Waals surface area contributed by atoms with Crippen LogP contribution in [0.3, 0.4) is 0 Å². The summed E-state index contributed by atoms with van der Waals surface area (Å²) >= 11 is 5.94. The molecule has 0 radical (unpaired) electrons. The second-order valence-electron chi connectivity index (χ2n) is 5.41. The fraction of sp³-hybridized carbons (Fsp3) is 0.235. The van der Waals surface area contributed by atoms with Gasteiger partial charge in [-0.3, -0.25) is 4.79 Å². The Hall–Kier alpha value is -2.41. The van der Waals surface area contributed by atoms with Crippen molar-refractivity contribution in [2.24, 2.45) is 0 Å². The number of rotatable bonds is 5. The molecule has 2 aromatic rings. The summed E-state index contributed by atoms with van der Waals surface area (Å²) in [6.45, 7) is -0.343. The molecule has 0 saturated carbocycles. The van der Waals surface area contributed by atoms with E-state index in [1.54, 1.807) is 18.2 Å². The average molecular weight is 373 g/mol. The van der Waals surface area contributed by atoms with Gasteiger partial charge in [0.05, 0.1) is 16.9 Å². The van der Waals surface area contributed by atoms with Crippen molar-refractivity contribution >= 4 is 28.9 Å². The number of hydrogen-bond acceptors (Lipinski definition) is 3. The van der Waals surface area contributed by atoms with Gasteiger partial charge in [-0.2, -0.15) is 13.2 Å². The van der Waals surface area contributed by atoms with Gasteiger partial charge in [0.1, 0.15) is 5.75 Å². The SMILES string of the molecule is CN(C)c1ccc(Cl)cc1NC(=O)COc1ccc(C(F)(F)F)cc1. The largest absolute Gasteiger partial charge is 0.484 e. The fourth-order valence-corrected chi connectivity index (χ4v) is 2.25. The van der Waals surface area contributed by atoms with Crippen LogP contribution < -0.4 is 15.0 Å². The van der Waals surface area contributed by atoms with Crippen molar-refractivity contribution in [1.82, 2.24) is 0 Å². The van der Waals surface area contributed by atoms with Gasteiger partial charge in [-0.05, 0) is 42.5 Å². The quantitative estimate of drug-likeness (QED) is 0.843. The minimum Gasteiger partial charge on any atom is -0.484 e. The molecule has 2 rings (SSSR count). The van der Waals surface area contributed by atoms with Crippen molar-refractivity contribution in [2.45, 2.75) is 6.18 Å². The summed E-state index contributed by atoms with van der Waals surface area (Å²) in [6, 6.07) is 9.19. The molecule has 0 heterocycles. The number of ether oxygens (including phenoxy) is 1. The van der Waals surface area contributed by atoms with E-state index in [0.717, 1.165) is 17.8 Å². The molecule has 0 aliphatic heterocycles. The van der Waals surface area contributed by atoms with Gasteiger partial charge >= 0.3 is 6.18 Å². The standard InChI is InChI=1S/C17H16ClF3N2O2/c1-23(2)15-8-5-12(18)9-14(15)22-16(24)10-25-13-6-3-11(4-7-13)17(19,20)21/h3-9H,10H2,1-2H3,(H,22,24). The Morgan fingerprint density at radius 1 is 1.16 bits per heavy atom. The van der Waals surface area contributed by atoms with Gasteiger partial charge in [0.25, 0.3) is 5.91 Å². The Labute approximate surface area is 148 Å². The lowest BCUT2D eigenvalue weighted by Gasteiger charge is -2.18. The second-order valence-corrected chi connectivity index (χ2v) is 5.85. The number of anilines is 2. The van der Waals surface area contributed by atoms with Crippen molar-refractivity contribution in [3.8, 4) is 5.75 Å². The minimum absolute atomic E-state index is 0.169. The Bertz CT molecular complexity index is 747. The molecule has 4 nitrogen and oxygen atoms in total. The molecule has 0 aliphatic carbocycles. The molecule has 0 unspecified atom stereocenters. The maximum atomic E-state index is 12.5. The van der Waals surface area contributed by atoms with Crippen LogP contribution in [0.25, 0.3) is 0 Å². The second kappa shape index (κ2) is 7.65. The summed E-state index contributed by atoms with van der Waals surface area (Å²) in [5.74, 6) is -0.285. The van der Waals surface area contributed by atoms with E-state index in [1.807, 2.05) is 19.0 Å². The Balaban J connectivity index is 1.98. The minimum atomic E-state index is -4.41. The van der Waals surface area contributed by atoms with Crippen LogP contribution in [0, 0.1) is 0 Å². The van der Waals surface area contributed by atoms with E-state index < -0.39 is 17.6 Å². The molecule has 1 N–H and O–H groups in total. The Morgan fingerprint density at radius 2 is 1.80 bits per heavy atom. The summed E-state index contributed by atoms with van der Waals surface area (Å²) in [4.78, 5) is 13.8. The van der Waals surface area contributed by atoms with Gasteiger partial charge in [0.15, 0.2) is 6.61 Å². The highest BCUT2D eigenvalue weighted by Crippen LogP contribution is 2.30. The monoisotopic (exact) mass is 372 g/mol. The number of benzene rings is 2. The molecule has 0 saturated heterocycles. The molecule has 0 atom stereocenters. The van der Waals surface area contributed by atoms with Gasteiger partial charge in [0, 0.05) is 19.1 Å². The molecule has 0 bridgehead atoms. The molecule has 1 amide bonds. The van der Waals surface area contributed by atoms with E-state index in [1.165, 1.54) is 12.1 Å². The number of carbonyl (C=O) groups excluding carboxylic acids is 1. The van der Waals surface area contributed by atoms with E-state index in [4.69, 9.17) is 16.3 Å². The first-order valence-electron chi connectivity index (χ1n) is 7.23. The lowest BCUT2D eigenvalue weighted by atomic mass is 10.2. The maximum absolute atomic E-state index is 12.5. The number of alkyl halides is 3. The highest BCUT2D eigenvalue weighted by atomic mass is 35.5.